The molecule has 2 aromatic rings. The molecule has 0 saturated heterocycles. The average Bonchev–Trinajstić information content (AvgIpc) is 2.24. The van der Waals surface area contributed by atoms with Gasteiger partial charge in [0.25, 0.3) is 0 Å². The van der Waals surface area contributed by atoms with Crippen LogP contribution in [0.2, 0.25) is 0 Å². The lowest BCUT2D eigenvalue weighted by Crippen LogP contribution is -2.02. The average molecular weight is 311 g/mol. The number of halogens is 2. The summed E-state index contributed by atoms with van der Waals surface area (Å²) in [5.41, 5.74) is 7.86. The lowest BCUT2D eigenvalue weighted by Gasteiger charge is -2.10. The summed E-state index contributed by atoms with van der Waals surface area (Å²) in [6.45, 7) is 3.70. The Labute approximate surface area is 113 Å². The fraction of sp³-hybridized carbons (Fsp3) is 0.167. The van der Waals surface area contributed by atoms with Gasteiger partial charge in [-0.05, 0) is 47.5 Å². The number of rotatable bonds is 2. The van der Waals surface area contributed by atoms with Gasteiger partial charge in [0, 0.05) is 17.4 Å². The highest BCUT2D eigenvalue weighted by Crippen LogP contribution is 2.26. The lowest BCUT2D eigenvalue weighted by atomic mass is 10.2. The van der Waals surface area contributed by atoms with Crippen LogP contribution in [-0.2, 0) is 0 Å². The highest BCUT2D eigenvalue weighted by atomic mass is 79.9. The fourth-order valence-corrected chi connectivity index (χ4v) is 2.03. The van der Waals surface area contributed by atoms with E-state index in [1.807, 2.05) is 13.8 Å². The number of nitrogens with two attached hydrogens (primary N) is 1. The molecule has 4 nitrogen and oxygen atoms in total. The first-order valence-corrected chi connectivity index (χ1v) is 6.09. The lowest BCUT2D eigenvalue weighted by molar-refractivity contribution is 0.621. The van der Waals surface area contributed by atoms with Crippen molar-refractivity contribution < 1.29 is 4.39 Å². The van der Waals surface area contributed by atoms with Crippen LogP contribution in [-0.4, -0.2) is 9.97 Å². The summed E-state index contributed by atoms with van der Waals surface area (Å²) in [6, 6.07) is 4.86. The minimum Gasteiger partial charge on any atom is -0.368 e. The Bertz CT molecular complexity index is 581. The van der Waals surface area contributed by atoms with E-state index in [0.29, 0.717) is 16.0 Å². The minimum atomic E-state index is -0.332. The summed E-state index contributed by atoms with van der Waals surface area (Å²) < 4.78 is 13.9. The Hall–Kier alpha value is -1.69. The van der Waals surface area contributed by atoms with Gasteiger partial charge < -0.3 is 11.1 Å². The summed E-state index contributed by atoms with van der Waals surface area (Å²) in [5.74, 6) is 0.402. The molecule has 0 aliphatic rings. The highest BCUT2D eigenvalue weighted by molar-refractivity contribution is 9.10. The third-order valence-corrected chi connectivity index (χ3v) is 3.01. The molecule has 18 heavy (non-hydrogen) atoms. The van der Waals surface area contributed by atoms with Crippen LogP contribution in [0, 0.1) is 19.7 Å². The van der Waals surface area contributed by atoms with E-state index >= 15 is 0 Å². The molecular weight excluding hydrogens is 299 g/mol. The van der Waals surface area contributed by atoms with Crippen molar-refractivity contribution in [2.75, 3.05) is 11.1 Å². The van der Waals surface area contributed by atoms with Crippen molar-refractivity contribution in [3.05, 3.63) is 39.7 Å². The van der Waals surface area contributed by atoms with Crippen LogP contribution < -0.4 is 11.1 Å². The second-order valence-electron chi connectivity index (χ2n) is 3.96. The van der Waals surface area contributed by atoms with E-state index < -0.39 is 0 Å². The van der Waals surface area contributed by atoms with Crippen molar-refractivity contribution in [1.82, 2.24) is 9.97 Å². The molecule has 94 valence electrons. The SMILES string of the molecule is Cc1cc(Nc2cc(F)c(Br)cc2C)nc(N)n1. The number of hydrogen-bond acceptors (Lipinski definition) is 4. The van der Waals surface area contributed by atoms with E-state index in [4.69, 9.17) is 5.73 Å². The molecule has 0 amide bonds. The second-order valence-corrected chi connectivity index (χ2v) is 4.81. The van der Waals surface area contributed by atoms with Gasteiger partial charge in [0.05, 0.1) is 4.47 Å². The fourth-order valence-electron chi connectivity index (χ4n) is 1.57. The van der Waals surface area contributed by atoms with Gasteiger partial charge in [-0.1, -0.05) is 0 Å². The van der Waals surface area contributed by atoms with Gasteiger partial charge >= 0.3 is 0 Å². The van der Waals surface area contributed by atoms with Crippen LogP contribution in [0.5, 0.6) is 0 Å². The second kappa shape index (κ2) is 4.89. The number of aryl methyl sites for hydroxylation is 2. The molecule has 2 rings (SSSR count). The molecule has 0 saturated carbocycles. The number of benzene rings is 1. The molecule has 1 aromatic heterocycles. The minimum absolute atomic E-state index is 0.188. The van der Waals surface area contributed by atoms with Crippen molar-refractivity contribution in [3.8, 4) is 0 Å². The van der Waals surface area contributed by atoms with Gasteiger partial charge in [0.1, 0.15) is 11.6 Å². The largest absolute Gasteiger partial charge is 0.368 e. The van der Waals surface area contributed by atoms with Crippen LogP contribution >= 0.6 is 15.9 Å². The summed E-state index contributed by atoms with van der Waals surface area (Å²) in [4.78, 5) is 8.02. The van der Waals surface area contributed by atoms with Crippen LogP contribution in [0.1, 0.15) is 11.3 Å². The number of nitrogen functional groups attached to an aromatic ring is 1. The van der Waals surface area contributed by atoms with Gasteiger partial charge in [-0.2, -0.15) is 4.98 Å². The molecule has 1 aromatic carbocycles. The van der Waals surface area contributed by atoms with Gasteiger partial charge in [0.2, 0.25) is 5.95 Å². The van der Waals surface area contributed by atoms with Crippen LogP contribution in [0.25, 0.3) is 0 Å². The molecule has 0 radical (unpaired) electrons. The van der Waals surface area contributed by atoms with Crippen molar-refractivity contribution in [1.29, 1.82) is 0 Å². The molecule has 1 heterocycles. The predicted octanol–water partition coefficient (Wildman–Crippen LogP) is 3.32. The zero-order chi connectivity index (χ0) is 13.3. The zero-order valence-electron chi connectivity index (χ0n) is 9.96. The topological polar surface area (TPSA) is 63.8 Å². The molecule has 0 bridgehead atoms. The number of nitrogens with zero attached hydrogens (tertiary/aromatic N) is 2. The highest BCUT2D eigenvalue weighted by Gasteiger charge is 2.07. The summed E-state index contributed by atoms with van der Waals surface area (Å²) in [7, 11) is 0. The molecule has 0 unspecified atom stereocenters. The molecule has 3 N–H and O–H groups in total. The van der Waals surface area contributed by atoms with Crippen molar-refractivity contribution in [2.45, 2.75) is 13.8 Å². The number of nitrogens with one attached hydrogen (secondary N) is 1. The molecule has 0 aliphatic heterocycles. The van der Waals surface area contributed by atoms with Crippen molar-refractivity contribution >= 4 is 33.4 Å². The Balaban J connectivity index is 2.36. The monoisotopic (exact) mass is 310 g/mol. The van der Waals surface area contributed by atoms with Gasteiger partial charge in [-0.25, -0.2) is 9.37 Å². The molecule has 0 fully saturated rings. The van der Waals surface area contributed by atoms with E-state index in [9.17, 15) is 4.39 Å². The van der Waals surface area contributed by atoms with E-state index in [1.54, 1.807) is 12.1 Å². The Morgan fingerprint density at radius 3 is 2.61 bits per heavy atom. The first-order valence-electron chi connectivity index (χ1n) is 5.29. The number of hydrogen-bond donors (Lipinski definition) is 2. The summed E-state index contributed by atoms with van der Waals surface area (Å²) >= 11 is 3.14. The maximum atomic E-state index is 13.5. The van der Waals surface area contributed by atoms with Crippen LogP contribution in [0.3, 0.4) is 0 Å². The van der Waals surface area contributed by atoms with E-state index in [-0.39, 0.29) is 11.8 Å². The summed E-state index contributed by atoms with van der Waals surface area (Å²) in [6.07, 6.45) is 0. The van der Waals surface area contributed by atoms with E-state index in [1.165, 1.54) is 6.07 Å². The Morgan fingerprint density at radius 1 is 1.22 bits per heavy atom. The number of aromatic nitrogens is 2. The van der Waals surface area contributed by atoms with Crippen molar-refractivity contribution in [3.63, 3.8) is 0 Å². The van der Waals surface area contributed by atoms with Gasteiger partial charge in [-0.15, -0.1) is 0 Å². The Kier molecular flexibility index (Phi) is 3.47. The van der Waals surface area contributed by atoms with Gasteiger partial charge in [-0.3, -0.25) is 0 Å². The molecule has 6 heteroatoms. The summed E-state index contributed by atoms with van der Waals surface area (Å²) in [5, 5.41) is 3.03. The normalized spacial score (nSPS) is 10.4. The van der Waals surface area contributed by atoms with Crippen LogP contribution in [0.4, 0.5) is 21.8 Å². The van der Waals surface area contributed by atoms with Crippen LogP contribution in [0.15, 0.2) is 22.7 Å². The standard InChI is InChI=1S/C12H12BrFN4/c1-6-3-8(13)9(14)5-10(6)17-11-4-7(2)16-12(15)18-11/h3-5H,1-2H3,(H3,15,16,17,18). The third-order valence-electron chi connectivity index (χ3n) is 2.40. The first kappa shape index (κ1) is 12.8. The maximum absolute atomic E-state index is 13.5. The molecule has 0 spiro atoms. The quantitative estimate of drug-likeness (QED) is 0.893. The molecule has 0 atom stereocenters. The smallest absolute Gasteiger partial charge is 0.222 e. The third kappa shape index (κ3) is 2.76. The predicted molar refractivity (Wildman–Crippen MR) is 73.3 cm³/mol. The van der Waals surface area contributed by atoms with Gasteiger partial charge in [0.15, 0.2) is 0 Å². The molecular formula is C12H12BrFN4. The van der Waals surface area contributed by atoms with E-state index in [0.717, 1.165) is 11.3 Å². The van der Waals surface area contributed by atoms with Crippen molar-refractivity contribution in [2.24, 2.45) is 0 Å². The number of anilines is 3. The molecule has 0 aliphatic carbocycles. The zero-order valence-corrected chi connectivity index (χ0v) is 11.5. The van der Waals surface area contributed by atoms with E-state index in [2.05, 4.69) is 31.2 Å². The Morgan fingerprint density at radius 2 is 1.94 bits per heavy atom. The maximum Gasteiger partial charge on any atom is 0.222 e. The first-order chi connectivity index (χ1) is 8.45.